The molecule has 4 aliphatic carbocycles. The van der Waals surface area contributed by atoms with Gasteiger partial charge in [-0.3, -0.25) is 0 Å². The van der Waals surface area contributed by atoms with Crippen LogP contribution in [0.15, 0.2) is 23.3 Å². The summed E-state index contributed by atoms with van der Waals surface area (Å²) in [5.74, 6) is 3.56. The topological polar surface area (TPSA) is 0 Å². The summed E-state index contributed by atoms with van der Waals surface area (Å²) in [6, 6.07) is 0. The Bertz CT molecular complexity index is 608. The summed E-state index contributed by atoms with van der Waals surface area (Å²) in [6.07, 6.45) is 18.9. The van der Waals surface area contributed by atoms with E-state index < -0.39 is 0 Å². The number of fused-ring (bicyclic) bond motifs is 4. The molecule has 152 valence electrons. The molecule has 0 heteroatoms. The standard InChI is InChI=1S/C27H44/c1-19(2)20(3)9-8-11-22-13-15-24-23-14-12-21-10-6-7-17-26(21,4)25(23)16-18-27(22,24)5/h19,21-22,24H,3,6-18H2,1-2,4-5H3. The summed E-state index contributed by atoms with van der Waals surface area (Å²) in [5, 5.41) is 0. The molecule has 0 spiro atoms. The van der Waals surface area contributed by atoms with Crippen molar-refractivity contribution in [1.82, 2.24) is 0 Å². The summed E-state index contributed by atoms with van der Waals surface area (Å²) in [6.45, 7) is 14.3. The quantitative estimate of drug-likeness (QED) is 0.427. The molecular weight excluding hydrogens is 324 g/mol. The van der Waals surface area contributed by atoms with Gasteiger partial charge in [0.15, 0.2) is 0 Å². The molecule has 0 aromatic heterocycles. The second kappa shape index (κ2) is 7.38. The third-order valence-electron chi connectivity index (χ3n) is 9.97. The molecule has 4 rings (SSSR count). The Balaban J connectivity index is 1.49. The lowest BCUT2D eigenvalue weighted by Gasteiger charge is -2.54. The SMILES string of the molecule is C=C(CCCC1CCC2C3=C(CCC12C)C1(C)CCCCC1CC3)C(C)C. The summed E-state index contributed by atoms with van der Waals surface area (Å²) in [4.78, 5) is 0. The lowest BCUT2D eigenvalue weighted by Crippen LogP contribution is -2.43. The molecule has 0 aliphatic heterocycles. The Morgan fingerprint density at radius 1 is 1.04 bits per heavy atom. The third kappa shape index (κ3) is 3.28. The Morgan fingerprint density at radius 3 is 2.63 bits per heavy atom. The molecule has 5 unspecified atom stereocenters. The first-order chi connectivity index (χ1) is 12.9. The minimum atomic E-state index is 0.584. The van der Waals surface area contributed by atoms with Crippen LogP contribution in [-0.2, 0) is 0 Å². The molecule has 2 saturated carbocycles. The fourth-order valence-electron chi connectivity index (χ4n) is 7.94. The van der Waals surface area contributed by atoms with Gasteiger partial charge in [-0.15, -0.1) is 0 Å². The van der Waals surface area contributed by atoms with E-state index in [1.807, 2.05) is 11.1 Å². The highest BCUT2D eigenvalue weighted by Gasteiger charge is 2.54. The van der Waals surface area contributed by atoms with Crippen molar-refractivity contribution in [3.8, 4) is 0 Å². The highest BCUT2D eigenvalue weighted by Crippen LogP contribution is 2.65. The summed E-state index contributed by atoms with van der Waals surface area (Å²) in [7, 11) is 0. The highest BCUT2D eigenvalue weighted by atomic mass is 14.6. The fourth-order valence-corrected chi connectivity index (χ4v) is 7.94. The largest absolute Gasteiger partial charge is 0.0996 e. The Kier molecular flexibility index (Phi) is 5.41. The molecule has 0 aromatic carbocycles. The van der Waals surface area contributed by atoms with Crippen molar-refractivity contribution in [3.63, 3.8) is 0 Å². The van der Waals surface area contributed by atoms with Crippen molar-refractivity contribution in [2.75, 3.05) is 0 Å². The summed E-state index contributed by atoms with van der Waals surface area (Å²) in [5.41, 5.74) is 6.62. The molecule has 0 bridgehead atoms. The number of rotatable bonds is 5. The summed E-state index contributed by atoms with van der Waals surface area (Å²) >= 11 is 0. The predicted octanol–water partition coefficient (Wildman–Crippen LogP) is 8.48. The van der Waals surface area contributed by atoms with Crippen molar-refractivity contribution >= 4 is 0 Å². The third-order valence-corrected chi connectivity index (χ3v) is 9.97. The van der Waals surface area contributed by atoms with Crippen molar-refractivity contribution in [2.24, 2.45) is 34.5 Å². The number of hydrogen-bond acceptors (Lipinski definition) is 0. The van der Waals surface area contributed by atoms with Crippen LogP contribution in [0.1, 0.15) is 111 Å². The smallest absolute Gasteiger partial charge is 0.00852 e. The van der Waals surface area contributed by atoms with Crippen molar-refractivity contribution < 1.29 is 0 Å². The van der Waals surface area contributed by atoms with Crippen molar-refractivity contribution in [2.45, 2.75) is 111 Å². The molecule has 5 atom stereocenters. The molecule has 27 heavy (non-hydrogen) atoms. The molecule has 4 aliphatic rings. The van der Waals surface area contributed by atoms with Crippen LogP contribution in [-0.4, -0.2) is 0 Å². The molecule has 0 N–H and O–H groups in total. The second-order valence-electron chi connectivity index (χ2n) is 11.4. The number of hydrogen-bond donors (Lipinski definition) is 0. The highest BCUT2D eigenvalue weighted by molar-refractivity contribution is 5.34. The molecular formula is C27H44. The minimum absolute atomic E-state index is 0.584. The molecule has 0 nitrogen and oxygen atoms in total. The van der Waals surface area contributed by atoms with E-state index in [0.717, 1.165) is 17.8 Å². The van der Waals surface area contributed by atoms with Crippen LogP contribution in [0.25, 0.3) is 0 Å². The molecule has 0 aromatic rings. The first-order valence-electron chi connectivity index (χ1n) is 12.3. The zero-order valence-electron chi connectivity index (χ0n) is 18.7. The average molecular weight is 369 g/mol. The minimum Gasteiger partial charge on any atom is -0.0996 e. The predicted molar refractivity (Wildman–Crippen MR) is 118 cm³/mol. The van der Waals surface area contributed by atoms with Gasteiger partial charge >= 0.3 is 0 Å². The molecule has 0 amide bonds. The van der Waals surface area contributed by atoms with Crippen LogP contribution in [0.2, 0.25) is 0 Å². The zero-order chi connectivity index (χ0) is 19.2. The first-order valence-corrected chi connectivity index (χ1v) is 12.3. The zero-order valence-corrected chi connectivity index (χ0v) is 18.7. The van der Waals surface area contributed by atoms with Gasteiger partial charge in [-0.25, -0.2) is 0 Å². The first kappa shape index (κ1) is 19.8. The Hall–Kier alpha value is -0.520. The van der Waals surface area contributed by atoms with Gasteiger partial charge in [0.2, 0.25) is 0 Å². The van der Waals surface area contributed by atoms with Gasteiger partial charge in [0.05, 0.1) is 0 Å². The van der Waals surface area contributed by atoms with Gasteiger partial charge in [-0.2, -0.15) is 0 Å². The van der Waals surface area contributed by atoms with E-state index in [2.05, 4.69) is 34.3 Å². The fraction of sp³-hybridized carbons (Fsp3) is 0.852. The van der Waals surface area contributed by atoms with Crippen LogP contribution >= 0.6 is 0 Å². The van der Waals surface area contributed by atoms with Crippen LogP contribution in [0.4, 0.5) is 0 Å². The Morgan fingerprint density at radius 2 is 1.85 bits per heavy atom. The maximum atomic E-state index is 4.31. The van der Waals surface area contributed by atoms with Gasteiger partial charge in [0.25, 0.3) is 0 Å². The van der Waals surface area contributed by atoms with E-state index in [4.69, 9.17) is 0 Å². The van der Waals surface area contributed by atoms with E-state index in [1.165, 1.54) is 89.0 Å². The van der Waals surface area contributed by atoms with Gasteiger partial charge < -0.3 is 0 Å². The maximum absolute atomic E-state index is 4.31. The van der Waals surface area contributed by atoms with Crippen LogP contribution < -0.4 is 0 Å². The van der Waals surface area contributed by atoms with Crippen molar-refractivity contribution in [1.29, 1.82) is 0 Å². The molecule has 0 heterocycles. The van der Waals surface area contributed by atoms with Gasteiger partial charge in [0, 0.05) is 0 Å². The number of allylic oxidation sites excluding steroid dienone is 3. The second-order valence-corrected chi connectivity index (χ2v) is 11.4. The maximum Gasteiger partial charge on any atom is -0.00852 e. The summed E-state index contributed by atoms with van der Waals surface area (Å²) < 4.78 is 0. The molecule has 2 fully saturated rings. The lowest BCUT2D eigenvalue weighted by atomic mass is 9.51. The normalized spacial score (nSPS) is 41.3. The van der Waals surface area contributed by atoms with E-state index in [1.54, 1.807) is 0 Å². The van der Waals surface area contributed by atoms with Crippen LogP contribution in [0.5, 0.6) is 0 Å². The average Bonchev–Trinajstić information content (AvgIpc) is 2.97. The molecule has 0 saturated heterocycles. The van der Waals surface area contributed by atoms with Gasteiger partial charge in [-0.1, -0.05) is 63.8 Å². The lowest BCUT2D eigenvalue weighted by molar-refractivity contribution is 0.0809. The molecule has 0 radical (unpaired) electrons. The Labute approximate surface area is 169 Å². The van der Waals surface area contributed by atoms with Crippen LogP contribution in [0, 0.1) is 34.5 Å². The van der Waals surface area contributed by atoms with Crippen LogP contribution in [0.3, 0.4) is 0 Å². The van der Waals surface area contributed by atoms with E-state index in [9.17, 15) is 0 Å². The van der Waals surface area contributed by atoms with Gasteiger partial charge in [-0.05, 0) is 105 Å². The van der Waals surface area contributed by atoms with Gasteiger partial charge in [0.1, 0.15) is 0 Å². The van der Waals surface area contributed by atoms with Crippen molar-refractivity contribution in [3.05, 3.63) is 23.3 Å². The van der Waals surface area contributed by atoms with E-state index >= 15 is 0 Å². The van der Waals surface area contributed by atoms with E-state index in [-0.39, 0.29) is 0 Å². The monoisotopic (exact) mass is 368 g/mol. The van der Waals surface area contributed by atoms with E-state index in [0.29, 0.717) is 16.7 Å².